The molecule has 2 atom stereocenters. The SMILES string of the molecule is CCc1ccc(NC(=O)C2CC3CCCC(C2)C3=O)cc1. The number of hydrogen-bond acceptors (Lipinski definition) is 2. The molecule has 3 rings (SSSR count). The van der Waals surface area contributed by atoms with Crippen molar-refractivity contribution in [3.63, 3.8) is 0 Å². The van der Waals surface area contributed by atoms with Crippen LogP contribution in [0.15, 0.2) is 24.3 Å². The molecule has 2 fully saturated rings. The second-order valence-corrected chi connectivity index (χ2v) is 6.44. The Bertz CT molecular complexity index is 519. The number of anilines is 1. The smallest absolute Gasteiger partial charge is 0.227 e. The summed E-state index contributed by atoms with van der Waals surface area (Å²) in [6, 6.07) is 8.03. The van der Waals surface area contributed by atoms with Crippen LogP contribution in [0.2, 0.25) is 0 Å². The van der Waals surface area contributed by atoms with E-state index >= 15 is 0 Å². The zero-order valence-electron chi connectivity index (χ0n) is 12.6. The lowest BCUT2D eigenvalue weighted by atomic mass is 9.67. The molecule has 1 amide bonds. The highest BCUT2D eigenvalue weighted by Gasteiger charge is 2.41. The molecular formula is C18H23NO2. The van der Waals surface area contributed by atoms with Crippen LogP contribution in [0.5, 0.6) is 0 Å². The molecule has 112 valence electrons. The van der Waals surface area contributed by atoms with Gasteiger partial charge in [0.25, 0.3) is 0 Å². The number of amides is 1. The van der Waals surface area contributed by atoms with E-state index < -0.39 is 0 Å². The lowest BCUT2D eigenvalue weighted by Crippen LogP contribution is -2.40. The molecule has 2 bridgehead atoms. The van der Waals surface area contributed by atoms with Crippen molar-refractivity contribution < 1.29 is 9.59 Å². The van der Waals surface area contributed by atoms with Crippen molar-refractivity contribution in [3.8, 4) is 0 Å². The van der Waals surface area contributed by atoms with Crippen molar-refractivity contribution in [3.05, 3.63) is 29.8 Å². The fourth-order valence-electron chi connectivity index (χ4n) is 3.76. The summed E-state index contributed by atoms with van der Waals surface area (Å²) in [5, 5.41) is 3.02. The van der Waals surface area contributed by atoms with Gasteiger partial charge >= 0.3 is 0 Å². The van der Waals surface area contributed by atoms with Gasteiger partial charge in [0.05, 0.1) is 0 Å². The third-order valence-electron chi connectivity index (χ3n) is 5.05. The van der Waals surface area contributed by atoms with E-state index in [1.807, 2.05) is 12.1 Å². The van der Waals surface area contributed by atoms with Crippen molar-refractivity contribution in [1.82, 2.24) is 0 Å². The normalized spacial score (nSPS) is 28.2. The average Bonchev–Trinajstić information content (AvgIpc) is 2.47. The summed E-state index contributed by atoms with van der Waals surface area (Å²) in [7, 11) is 0. The Hall–Kier alpha value is -1.64. The maximum atomic E-state index is 12.4. The van der Waals surface area contributed by atoms with Gasteiger partial charge in [-0.15, -0.1) is 0 Å². The van der Waals surface area contributed by atoms with Crippen LogP contribution in [0, 0.1) is 17.8 Å². The number of rotatable bonds is 3. The van der Waals surface area contributed by atoms with Crippen molar-refractivity contribution in [2.45, 2.75) is 45.4 Å². The van der Waals surface area contributed by atoms with Crippen LogP contribution in [-0.4, -0.2) is 11.7 Å². The Kier molecular flexibility index (Phi) is 4.09. The minimum atomic E-state index is 0.00357. The molecule has 21 heavy (non-hydrogen) atoms. The molecule has 0 radical (unpaired) electrons. The van der Waals surface area contributed by atoms with Gasteiger partial charge in [0.1, 0.15) is 5.78 Å². The van der Waals surface area contributed by atoms with Crippen LogP contribution in [-0.2, 0) is 16.0 Å². The van der Waals surface area contributed by atoms with E-state index in [9.17, 15) is 9.59 Å². The van der Waals surface area contributed by atoms with Gasteiger partial charge < -0.3 is 5.32 Å². The molecule has 1 aromatic carbocycles. The summed E-state index contributed by atoms with van der Waals surface area (Å²) in [4.78, 5) is 24.5. The highest BCUT2D eigenvalue weighted by molar-refractivity contribution is 5.95. The molecule has 0 heterocycles. The van der Waals surface area contributed by atoms with Crippen LogP contribution in [0.3, 0.4) is 0 Å². The molecule has 0 aliphatic heterocycles. The van der Waals surface area contributed by atoms with E-state index in [1.54, 1.807) is 0 Å². The van der Waals surface area contributed by atoms with Crippen molar-refractivity contribution in [1.29, 1.82) is 0 Å². The molecule has 3 nitrogen and oxygen atoms in total. The van der Waals surface area contributed by atoms with Gasteiger partial charge in [-0.05, 0) is 49.8 Å². The first-order chi connectivity index (χ1) is 10.2. The molecular weight excluding hydrogens is 262 g/mol. The first-order valence-corrected chi connectivity index (χ1v) is 8.11. The van der Waals surface area contributed by atoms with Crippen LogP contribution < -0.4 is 5.32 Å². The molecule has 3 heteroatoms. The molecule has 1 N–H and O–H groups in total. The monoisotopic (exact) mass is 285 g/mol. The number of hydrogen-bond donors (Lipinski definition) is 1. The Morgan fingerprint density at radius 2 is 1.76 bits per heavy atom. The number of aryl methyl sites for hydroxylation is 1. The fraction of sp³-hybridized carbons (Fsp3) is 0.556. The summed E-state index contributed by atoms with van der Waals surface area (Å²) in [5.74, 6) is 0.775. The van der Waals surface area contributed by atoms with Crippen LogP contribution in [0.4, 0.5) is 5.69 Å². The predicted octanol–water partition coefficient (Wildman–Crippen LogP) is 3.58. The number of carbonyl (C=O) groups excluding carboxylic acids is 2. The van der Waals surface area contributed by atoms with E-state index in [0.29, 0.717) is 5.78 Å². The van der Waals surface area contributed by atoms with Gasteiger partial charge in [0.15, 0.2) is 0 Å². The second-order valence-electron chi connectivity index (χ2n) is 6.44. The summed E-state index contributed by atoms with van der Waals surface area (Å²) in [5.41, 5.74) is 2.13. The average molecular weight is 285 g/mol. The molecule has 2 saturated carbocycles. The van der Waals surface area contributed by atoms with E-state index in [2.05, 4.69) is 24.4 Å². The number of ketones is 1. The van der Waals surface area contributed by atoms with Crippen LogP contribution in [0.1, 0.15) is 44.6 Å². The Morgan fingerprint density at radius 3 is 2.33 bits per heavy atom. The maximum Gasteiger partial charge on any atom is 0.227 e. The molecule has 2 unspecified atom stereocenters. The van der Waals surface area contributed by atoms with Gasteiger partial charge in [-0.1, -0.05) is 25.5 Å². The van der Waals surface area contributed by atoms with Gasteiger partial charge in [0, 0.05) is 23.4 Å². The molecule has 1 aromatic rings. The lowest BCUT2D eigenvalue weighted by Gasteiger charge is -2.36. The molecule has 2 aliphatic carbocycles. The quantitative estimate of drug-likeness (QED) is 0.922. The largest absolute Gasteiger partial charge is 0.326 e. The number of carbonyl (C=O) groups is 2. The molecule has 0 aromatic heterocycles. The highest BCUT2D eigenvalue weighted by Crippen LogP contribution is 2.40. The number of benzene rings is 1. The highest BCUT2D eigenvalue weighted by atomic mass is 16.2. The van der Waals surface area contributed by atoms with Crippen molar-refractivity contribution in [2.24, 2.45) is 17.8 Å². The molecule has 0 saturated heterocycles. The number of nitrogens with one attached hydrogen (secondary N) is 1. The Labute approximate surface area is 126 Å². The number of Topliss-reactive ketones (excluding diaryl/α,β-unsaturated/α-hetero) is 1. The summed E-state index contributed by atoms with van der Waals surface area (Å²) < 4.78 is 0. The Morgan fingerprint density at radius 1 is 1.14 bits per heavy atom. The van der Waals surface area contributed by atoms with E-state index in [0.717, 1.165) is 44.2 Å². The zero-order chi connectivity index (χ0) is 14.8. The third-order valence-corrected chi connectivity index (χ3v) is 5.05. The van der Waals surface area contributed by atoms with Crippen LogP contribution >= 0.6 is 0 Å². The number of fused-ring (bicyclic) bond motifs is 2. The van der Waals surface area contributed by atoms with Crippen molar-refractivity contribution in [2.75, 3.05) is 5.32 Å². The second kappa shape index (κ2) is 6.00. The zero-order valence-corrected chi connectivity index (χ0v) is 12.6. The Balaban J connectivity index is 1.64. The lowest BCUT2D eigenvalue weighted by molar-refractivity contribution is -0.136. The summed E-state index contributed by atoms with van der Waals surface area (Å²) in [6.07, 6.45) is 5.59. The van der Waals surface area contributed by atoms with Gasteiger partial charge in [-0.2, -0.15) is 0 Å². The van der Waals surface area contributed by atoms with Gasteiger partial charge in [0.2, 0.25) is 5.91 Å². The van der Waals surface area contributed by atoms with E-state index in [4.69, 9.17) is 0 Å². The van der Waals surface area contributed by atoms with Gasteiger partial charge in [-0.3, -0.25) is 9.59 Å². The van der Waals surface area contributed by atoms with Crippen molar-refractivity contribution >= 4 is 17.4 Å². The minimum Gasteiger partial charge on any atom is -0.326 e. The van der Waals surface area contributed by atoms with Crippen LogP contribution in [0.25, 0.3) is 0 Å². The summed E-state index contributed by atoms with van der Waals surface area (Å²) in [6.45, 7) is 2.12. The minimum absolute atomic E-state index is 0.00357. The molecule has 0 spiro atoms. The van der Waals surface area contributed by atoms with Gasteiger partial charge in [-0.25, -0.2) is 0 Å². The first-order valence-electron chi connectivity index (χ1n) is 8.11. The van der Waals surface area contributed by atoms with E-state index in [-0.39, 0.29) is 23.7 Å². The first kappa shape index (κ1) is 14.3. The fourth-order valence-corrected chi connectivity index (χ4v) is 3.76. The standard InChI is InChI=1S/C18H23NO2/c1-2-12-6-8-16(9-7-12)19-18(21)15-10-13-4-3-5-14(11-15)17(13)20/h6-9,13-15H,2-5,10-11H2,1H3,(H,19,21). The third kappa shape index (κ3) is 3.02. The summed E-state index contributed by atoms with van der Waals surface area (Å²) >= 11 is 0. The van der Waals surface area contributed by atoms with E-state index in [1.165, 1.54) is 5.56 Å². The predicted molar refractivity (Wildman–Crippen MR) is 83.0 cm³/mol. The topological polar surface area (TPSA) is 46.2 Å². The molecule has 2 aliphatic rings. The maximum absolute atomic E-state index is 12.4.